The highest BCUT2D eigenvalue weighted by molar-refractivity contribution is 6.29. The van der Waals surface area contributed by atoms with Gasteiger partial charge in [-0.05, 0) is 32.6 Å². The fraction of sp³-hybridized carbons (Fsp3) is 0.773. The van der Waals surface area contributed by atoms with Crippen molar-refractivity contribution >= 4 is 23.5 Å². The number of likely N-dealkylation sites (N-methyl/N-ethyl adjacent to an activating group) is 1. The van der Waals surface area contributed by atoms with Gasteiger partial charge in [-0.25, -0.2) is 4.98 Å². The Kier molecular flexibility index (Phi) is 8.75. The van der Waals surface area contributed by atoms with Crippen molar-refractivity contribution in [1.82, 2.24) is 20.2 Å². The third-order valence-electron chi connectivity index (χ3n) is 6.37. The number of likely N-dealkylation sites (tertiary alicyclic amines) is 1. The molecule has 0 radical (unpaired) electrons. The van der Waals surface area contributed by atoms with Gasteiger partial charge in [0, 0.05) is 44.2 Å². The smallest absolute Gasteiger partial charge is 0.234 e. The Morgan fingerprint density at radius 1 is 1.29 bits per heavy atom. The molecule has 3 heterocycles. The molecule has 1 unspecified atom stereocenters. The summed E-state index contributed by atoms with van der Waals surface area (Å²) in [6.07, 6.45) is 4.75. The van der Waals surface area contributed by atoms with Crippen LogP contribution in [0.1, 0.15) is 52.9 Å². The molecule has 1 aromatic rings. The lowest BCUT2D eigenvalue weighted by Crippen LogP contribution is -2.56. The van der Waals surface area contributed by atoms with Gasteiger partial charge in [0.05, 0.1) is 19.8 Å². The number of hydrogen-bond donors (Lipinski definition) is 1. The van der Waals surface area contributed by atoms with Gasteiger partial charge in [-0.3, -0.25) is 9.69 Å². The van der Waals surface area contributed by atoms with E-state index in [0.717, 1.165) is 32.1 Å². The van der Waals surface area contributed by atoms with E-state index in [-0.39, 0.29) is 18.1 Å². The topological polar surface area (TPSA) is 79.8 Å². The van der Waals surface area contributed by atoms with Crippen molar-refractivity contribution in [3.8, 4) is 5.88 Å². The van der Waals surface area contributed by atoms with Gasteiger partial charge in [0.15, 0.2) is 0 Å². The first-order chi connectivity index (χ1) is 14.9. The Morgan fingerprint density at radius 3 is 2.58 bits per heavy atom. The van der Waals surface area contributed by atoms with Gasteiger partial charge in [0.25, 0.3) is 0 Å². The second-order valence-corrected chi connectivity index (χ2v) is 8.81. The van der Waals surface area contributed by atoms with Gasteiger partial charge in [-0.1, -0.05) is 25.4 Å². The van der Waals surface area contributed by atoms with Crippen LogP contribution >= 0.6 is 11.6 Å². The molecule has 2 fully saturated rings. The van der Waals surface area contributed by atoms with Crippen LogP contribution in [0.5, 0.6) is 5.88 Å². The average molecular weight is 454 g/mol. The van der Waals surface area contributed by atoms with Crippen molar-refractivity contribution in [3.63, 3.8) is 0 Å². The molecule has 2 aliphatic heterocycles. The summed E-state index contributed by atoms with van der Waals surface area (Å²) in [4.78, 5) is 25.9. The maximum Gasteiger partial charge on any atom is 0.234 e. The van der Waals surface area contributed by atoms with Crippen LogP contribution < -0.4 is 15.0 Å². The second-order valence-electron chi connectivity index (χ2n) is 8.42. The Bertz CT molecular complexity index is 717. The standard InChI is InChI=1S/C22H36ClN5O3/c1-5-15-10-17(11-16(6-2)28(15)13-20(29)24-7-3)27(4)22-25-19(23)12-21(26-22)31-18-8-9-30-14-18/h12,15-18H,5-11,13-14H2,1-4H3,(H,24,29)/t15-,16+,17?,18-/m0/s1. The molecule has 31 heavy (non-hydrogen) atoms. The van der Waals surface area contributed by atoms with E-state index in [1.165, 1.54) is 0 Å². The minimum absolute atomic E-state index is 0.00979. The Labute approximate surface area is 190 Å². The Hall–Kier alpha value is -1.64. The number of nitrogens with zero attached hydrogens (tertiary/aromatic N) is 4. The van der Waals surface area contributed by atoms with Crippen molar-refractivity contribution in [2.24, 2.45) is 0 Å². The van der Waals surface area contributed by atoms with Crippen LogP contribution in [0.2, 0.25) is 5.15 Å². The summed E-state index contributed by atoms with van der Waals surface area (Å²) in [5.74, 6) is 1.17. The first kappa shape index (κ1) is 24.0. The van der Waals surface area contributed by atoms with Gasteiger partial charge in [0.2, 0.25) is 17.7 Å². The zero-order valence-electron chi connectivity index (χ0n) is 19.1. The highest BCUT2D eigenvalue weighted by atomic mass is 35.5. The number of ether oxygens (including phenoxy) is 2. The Morgan fingerprint density at radius 2 is 2.00 bits per heavy atom. The lowest BCUT2D eigenvalue weighted by Gasteiger charge is -2.47. The number of hydrogen-bond acceptors (Lipinski definition) is 7. The van der Waals surface area contributed by atoms with Crippen molar-refractivity contribution in [2.45, 2.75) is 77.1 Å². The van der Waals surface area contributed by atoms with E-state index in [1.54, 1.807) is 6.07 Å². The van der Waals surface area contributed by atoms with Gasteiger partial charge >= 0.3 is 0 Å². The van der Waals surface area contributed by atoms with Crippen LogP contribution in [0.25, 0.3) is 0 Å². The van der Waals surface area contributed by atoms with E-state index in [1.807, 2.05) is 14.0 Å². The van der Waals surface area contributed by atoms with E-state index < -0.39 is 0 Å². The molecular formula is C22H36ClN5O3. The number of carbonyl (C=O) groups excluding carboxylic acids is 1. The highest BCUT2D eigenvalue weighted by Crippen LogP contribution is 2.32. The fourth-order valence-corrected chi connectivity index (χ4v) is 4.80. The van der Waals surface area contributed by atoms with Crippen LogP contribution in [-0.2, 0) is 9.53 Å². The molecule has 0 aliphatic carbocycles. The van der Waals surface area contributed by atoms with Gasteiger partial charge in [-0.15, -0.1) is 0 Å². The molecule has 0 aromatic carbocycles. The number of anilines is 1. The number of nitrogens with one attached hydrogen (secondary N) is 1. The van der Waals surface area contributed by atoms with Crippen molar-refractivity contribution < 1.29 is 14.3 Å². The summed E-state index contributed by atoms with van der Waals surface area (Å²) in [5, 5.41) is 3.31. The normalized spacial score (nSPS) is 26.6. The summed E-state index contributed by atoms with van der Waals surface area (Å²) in [7, 11) is 2.03. The SMILES string of the molecule is CCNC(=O)CN1[C@H](CC)CC(N(C)c2nc(Cl)cc(O[C@H]3CCOC3)n2)C[C@@H]1CC. The van der Waals surface area contributed by atoms with E-state index >= 15 is 0 Å². The van der Waals surface area contributed by atoms with Crippen LogP contribution in [0.15, 0.2) is 6.07 Å². The fourth-order valence-electron chi connectivity index (χ4n) is 4.63. The minimum atomic E-state index is 0.00979. The Balaban J connectivity index is 1.73. The summed E-state index contributed by atoms with van der Waals surface area (Å²) in [5.41, 5.74) is 0. The van der Waals surface area contributed by atoms with Crippen LogP contribution in [0.3, 0.4) is 0 Å². The average Bonchev–Trinajstić information content (AvgIpc) is 3.26. The van der Waals surface area contributed by atoms with Crippen LogP contribution in [-0.4, -0.2) is 78.4 Å². The molecule has 8 nitrogen and oxygen atoms in total. The minimum Gasteiger partial charge on any atom is -0.472 e. The lowest BCUT2D eigenvalue weighted by atomic mass is 9.88. The molecule has 1 aromatic heterocycles. The first-order valence-electron chi connectivity index (χ1n) is 11.5. The largest absolute Gasteiger partial charge is 0.472 e. The van der Waals surface area contributed by atoms with Gasteiger partial charge in [0.1, 0.15) is 11.3 Å². The molecular weight excluding hydrogens is 418 g/mol. The van der Waals surface area contributed by atoms with Crippen molar-refractivity contribution in [1.29, 1.82) is 0 Å². The number of amides is 1. The summed E-state index contributed by atoms with van der Waals surface area (Å²) < 4.78 is 11.4. The lowest BCUT2D eigenvalue weighted by molar-refractivity contribution is -0.124. The summed E-state index contributed by atoms with van der Waals surface area (Å²) >= 11 is 6.30. The molecule has 174 valence electrons. The molecule has 0 spiro atoms. The zero-order chi connectivity index (χ0) is 22.4. The number of halogens is 1. The van der Waals surface area contributed by atoms with Crippen molar-refractivity contribution in [3.05, 3.63) is 11.2 Å². The molecule has 4 atom stereocenters. The molecule has 0 bridgehead atoms. The summed E-state index contributed by atoms with van der Waals surface area (Å²) in [6.45, 7) is 8.74. The predicted octanol–water partition coefficient (Wildman–Crippen LogP) is 2.89. The maximum atomic E-state index is 12.3. The monoisotopic (exact) mass is 453 g/mol. The van der Waals surface area contributed by atoms with Crippen molar-refractivity contribution in [2.75, 3.05) is 38.3 Å². The van der Waals surface area contributed by atoms with E-state index in [9.17, 15) is 4.79 Å². The van der Waals surface area contributed by atoms with E-state index in [0.29, 0.717) is 55.4 Å². The quantitative estimate of drug-likeness (QED) is 0.576. The molecule has 2 saturated heterocycles. The number of rotatable bonds is 9. The van der Waals surface area contributed by atoms with Gasteiger partial charge in [-0.2, -0.15) is 4.98 Å². The molecule has 1 amide bonds. The van der Waals surface area contributed by atoms with E-state index in [4.69, 9.17) is 21.1 Å². The third-order valence-corrected chi connectivity index (χ3v) is 6.56. The summed E-state index contributed by atoms with van der Waals surface area (Å²) in [6, 6.07) is 2.59. The molecule has 3 rings (SSSR count). The zero-order valence-corrected chi connectivity index (χ0v) is 19.9. The number of carbonyl (C=O) groups is 1. The molecule has 9 heteroatoms. The molecule has 2 aliphatic rings. The first-order valence-corrected chi connectivity index (χ1v) is 11.9. The van der Waals surface area contributed by atoms with Gasteiger partial charge < -0.3 is 19.7 Å². The molecule has 0 saturated carbocycles. The predicted molar refractivity (Wildman–Crippen MR) is 122 cm³/mol. The third kappa shape index (κ3) is 6.20. The number of piperidine rings is 1. The number of aromatic nitrogens is 2. The maximum absolute atomic E-state index is 12.3. The van der Waals surface area contributed by atoms with Crippen LogP contribution in [0.4, 0.5) is 5.95 Å². The van der Waals surface area contributed by atoms with Crippen LogP contribution in [0, 0.1) is 0 Å². The highest BCUT2D eigenvalue weighted by Gasteiger charge is 2.37. The second kappa shape index (κ2) is 11.3. The molecule has 1 N–H and O–H groups in total. The van der Waals surface area contributed by atoms with E-state index in [2.05, 4.69) is 38.9 Å².